The van der Waals surface area contributed by atoms with Crippen LogP contribution in [0.2, 0.25) is 0 Å². The predicted molar refractivity (Wildman–Crippen MR) is 82.9 cm³/mol. The second-order valence-electron chi connectivity index (χ2n) is 4.68. The number of carbonyl (C=O) groups excluding carboxylic acids is 2. The Labute approximate surface area is 137 Å². The van der Waals surface area contributed by atoms with Crippen molar-refractivity contribution in [1.29, 1.82) is 0 Å². The standard InChI is InChI=1S/C17H15F2NO4/c1-2-23-17(22)11-6-8-12(9-7-11)24-10-15(21)20-16-13(18)4-3-5-14(16)19/h3-9H,2,10H2,1H3,(H,20,21). The van der Waals surface area contributed by atoms with E-state index >= 15 is 0 Å². The smallest absolute Gasteiger partial charge is 0.338 e. The molecule has 1 N–H and O–H groups in total. The summed E-state index contributed by atoms with van der Waals surface area (Å²) in [6.07, 6.45) is 0. The van der Waals surface area contributed by atoms with E-state index in [0.29, 0.717) is 11.3 Å². The van der Waals surface area contributed by atoms with E-state index in [-0.39, 0.29) is 6.61 Å². The van der Waals surface area contributed by atoms with Gasteiger partial charge in [0.05, 0.1) is 12.2 Å². The topological polar surface area (TPSA) is 64.6 Å². The van der Waals surface area contributed by atoms with E-state index in [1.165, 1.54) is 30.3 Å². The van der Waals surface area contributed by atoms with Crippen molar-refractivity contribution in [2.75, 3.05) is 18.5 Å². The van der Waals surface area contributed by atoms with Crippen LogP contribution in [0.25, 0.3) is 0 Å². The molecule has 0 aliphatic rings. The molecule has 0 bridgehead atoms. The van der Waals surface area contributed by atoms with Gasteiger partial charge in [-0.3, -0.25) is 4.79 Å². The summed E-state index contributed by atoms with van der Waals surface area (Å²) in [5.74, 6) is -2.60. The number of esters is 1. The van der Waals surface area contributed by atoms with Gasteiger partial charge in [0.1, 0.15) is 23.1 Å². The fourth-order valence-corrected chi connectivity index (χ4v) is 1.84. The average Bonchev–Trinajstić information content (AvgIpc) is 2.57. The monoisotopic (exact) mass is 335 g/mol. The minimum absolute atomic E-state index is 0.268. The van der Waals surface area contributed by atoms with E-state index in [2.05, 4.69) is 5.32 Å². The summed E-state index contributed by atoms with van der Waals surface area (Å²) < 4.78 is 36.9. The molecule has 0 spiro atoms. The minimum Gasteiger partial charge on any atom is -0.484 e. The molecule has 0 radical (unpaired) electrons. The van der Waals surface area contributed by atoms with Crippen molar-refractivity contribution in [3.63, 3.8) is 0 Å². The molecule has 2 rings (SSSR count). The molecule has 0 aromatic heterocycles. The third kappa shape index (κ3) is 4.52. The maximum atomic E-state index is 13.4. The van der Waals surface area contributed by atoms with Gasteiger partial charge in [-0.2, -0.15) is 0 Å². The number of para-hydroxylation sites is 1. The number of halogens is 2. The first kappa shape index (κ1) is 17.4. The van der Waals surface area contributed by atoms with Crippen LogP contribution in [0, 0.1) is 11.6 Å². The van der Waals surface area contributed by atoms with Gasteiger partial charge in [0, 0.05) is 0 Å². The Morgan fingerprint density at radius 3 is 2.25 bits per heavy atom. The lowest BCUT2D eigenvalue weighted by molar-refractivity contribution is -0.118. The largest absolute Gasteiger partial charge is 0.484 e. The van der Waals surface area contributed by atoms with Crippen molar-refractivity contribution in [1.82, 2.24) is 0 Å². The third-order valence-corrected chi connectivity index (χ3v) is 2.96. The van der Waals surface area contributed by atoms with Crippen molar-refractivity contribution < 1.29 is 27.8 Å². The molecule has 1 amide bonds. The lowest BCUT2D eigenvalue weighted by Gasteiger charge is -2.09. The van der Waals surface area contributed by atoms with Crippen molar-refractivity contribution in [3.05, 3.63) is 59.7 Å². The summed E-state index contributed by atoms with van der Waals surface area (Å²) in [7, 11) is 0. The molecule has 24 heavy (non-hydrogen) atoms. The zero-order valence-corrected chi connectivity index (χ0v) is 12.8. The Bertz CT molecular complexity index is 712. The number of rotatable bonds is 6. The zero-order valence-electron chi connectivity index (χ0n) is 12.8. The normalized spacial score (nSPS) is 10.1. The third-order valence-electron chi connectivity index (χ3n) is 2.96. The van der Waals surface area contributed by atoms with E-state index in [1.54, 1.807) is 6.92 Å². The fraction of sp³-hybridized carbons (Fsp3) is 0.176. The van der Waals surface area contributed by atoms with Crippen molar-refractivity contribution in [3.8, 4) is 5.75 Å². The van der Waals surface area contributed by atoms with Gasteiger partial charge in [-0.05, 0) is 43.3 Å². The van der Waals surface area contributed by atoms with E-state index in [1.807, 2.05) is 0 Å². The van der Waals surface area contributed by atoms with E-state index in [9.17, 15) is 18.4 Å². The second kappa shape index (κ2) is 8.05. The highest BCUT2D eigenvalue weighted by Gasteiger charge is 2.12. The molecule has 0 aliphatic heterocycles. The molecule has 0 saturated heterocycles. The van der Waals surface area contributed by atoms with Gasteiger partial charge < -0.3 is 14.8 Å². The average molecular weight is 335 g/mol. The van der Waals surface area contributed by atoms with Crippen LogP contribution >= 0.6 is 0 Å². The Morgan fingerprint density at radius 2 is 1.67 bits per heavy atom. The van der Waals surface area contributed by atoms with Crippen LogP contribution in [-0.2, 0) is 9.53 Å². The lowest BCUT2D eigenvalue weighted by Crippen LogP contribution is -2.21. The summed E-state index contributed by atoms with van der Waals surface area (Å²) >= 11 is 0. The summed E-state index contributed by atoms with van der Waals surface area (Å²) in [5.41, 5.74) is -0.175. The summed E-state index contributed by atoms with van der Waals surface area (Å²) in [4.78, 5) is 23.2. The van der Waals surface area contributed by atoms with Crippen LogP contribution < -0.4 is 10.1 Å². The maximum absolute atomic E-state index is 13.4. The van der Waals surface area contributed by atoms with Crippen LogP contribution in [0.3, 0.4) is 0 Å². The van der Waals surface area contributed by atoms with Crippen molar-refractivity contribution in [2.24, 2.45) is 0 Å². The predicted octanol–water partition coefficient (Wildman–Crippen LogP) is 3.16. The van der Waals surface area contributed by atoms with Crippen molar-refractivity contribution in [2.45, 2.75) is 6.92 Å². The zero-order chi connectivity index (χ0) is 17.5. The Hall–Kier alpha value is -2.96. The Kier molecular flexibility index (Phi) is 5.83. The first-order valence-electron chi connectivity index (χ1n) is 7.15. The van der Waals surface area contributed by atoms with E-state index in [0.717, 1.165) is 12.1 Å². The number of benzene rings is 2. The van der Waals surface area contributed by atoms with Crippen LogP contribution in [0.15, 0.2) is 42.5 Å². The number of anilines is 1. The Balaban J connectivity index is 1.91. The van der Waals surface area contributed by atoms with Crippen LogP contribution in [0.4, 0.5) is 14.5 Å². The molecular weight excluding hydrogens is 320 g/mol. The van der Waals surface area contributed by atoms with Gasteiger partial charge in [-0.15, -0.1) is 0 Å². The molecule has 2 aromatic carbocycles. The summed E-state index contributed by atoms with van der Waals surface area (Å²) in [6, 6.07) is 9.22. The van der Waals surface area contributed by atoms with Crippen LogP contribution in [0.5, 0.6) is 5.75 Å². The van der Waals surface area contributed by atoms with Crippen molar-refractivity contribution >= 4 is 17.6 Å². The van der Waals surface area contributed by atoms with Crippen LogP contribution in [0.1, 0.15) is 17.3 Å². The molecular formula is C17H15F2NO4. The Morgan fingerprint density at radius 1 is 1.04 bits per heavy atom. The molecule has 126 valence electrons. The number of nitrogens with one attached hydrogen (secondary N) is 1. The van der Waals surface area contributed by atoms with E-state index < -0.39 is 35.8 Å². The maximum Gasteiger partial charge on any atom is 0.338 e. The first-order valence-corrected chi connectivity index (χ1v) is 7.15. The fourth-order valence-electron chi connectivity index (χ4n) is 1.84. The quantitative estimate of drug-likeness (QED) is 0.824. The summed E-state index contributed by atoms with van der Waals surface area (Å²) in [5, 5.41) is 2.11. The van der Waals surface area contributed by atoms with Gasteiger partial charge in [0.15, 0.2) is 6.61 Å². The molecule has 0 unspecified atom stereocenters. The van der Waals surface area contributed by atoms with Gasteiger partial charge in [0.25, 0.3) is 5.91 Å². The molecule has 0 fully saturated rings. The molecule has 0 aliphatic carbocycles. The summed E-state index contributed by atoms with van der Waals surface area (Å²) in [6.45, 7) is 1.53. The second-order valence-corrected chi connectivity index (χ2v) is 4.68. The SMILES string of the molecule is CCOC(=O)c1ccc(OCC(=O)Nc2c(F)cccc2F)cc1. The van der Waals surface area contributed by atoms with Gasteiger partial charge in [-0.25, -0.2) is 13.6 Å². The molecule has 0 heterocycles. The highest BCUT2D eigenvalue weighted by molar-refractivity contribution is 5.92. The van der Waals surface area contributed by atoms with Gasteiger partial charge >= 0.3 is 5.97 Å². The number of ether oxygens (including phenoxy) is 2. The molecule has 7 heteroatoms. The van der Waals surface area contributed by atoms with Gasteiger partial charge in [0.2, 0.25) is 0 Å². The number of carbonyl (C=O) groups is 2. The van der Waals surface area contributed by atoms with Crippen LogP contribution in [-0.4, -0.2) is 25.1 Å². The molecule has 5 nitrogen and oxygen atoms in total. The number of hydrogen-bond acceptors (Lipinski definition) is 4. The number of hydrogen-bond donors (Lipinski definition) is 1. The molecule has 0 saturated carbocycles. The molecule has 2 aromatic rings. The number of amides is 1. The molecule has 0 atom stereocenters. The highest BCUT2D eigenvalue weighted by atomic mass is 19.1. The lowest BCUT2D eigenvalue weighted by atomic mass is 10.2. The first-order chi connectivity index (χ1) is 11.5. The van der Waals surface area contributed by atoms with E-state index in [4.69, 9.17) is 9.47 Å². The van der Waals surface area contributed by atoms with Gasteiger partial charge in [-0.1, -0.05) is 6.07 Å². The minimum atomic E-state index is -0.873. The highest BCUT2D eigenvalue weighted by Crippen LogP contribution is 2.18.